The molecular formula is C15H17NO4. The van der Waals surface area contributed by atoms with Gasteiger partial charge in [0.15, 0.2) is 11.5 Å². The number of ketones is 1. The van der Waals surface area contributed by atoms with E-state index in [4.69, 9.17) is 5.11 Å². The van der Waals surface area contributed by atoms with Gasteiger partial charge in [0.25, 0.3) is 5.91 Å². The number of Topliss-reactive ketones (excluding diaryl/α,β-unsaturated/α-hetero) is 1. The smallest absolute Gasteiger partial charge is 0.290 e. The number of aliphatic hydroxyl groups is 2. The highest BCUT2D eigenvalue weighted by molar-refractivity contribution is 6.08. The first-order valence-corrected chi connectivity index (χ1v) is 6.39. The van der Waals surface area contributed by atoms with Crippen LogP contribution in [0.3, 0.4) is 0 Å². The molecule has 0 spiro atoms. The monoisotopic (exact) mass is 275 g/mol. The van der Waals surface area contributed by atoms with Crippen LogP contribution < -0.4 is 0 Å². The van der Waals surface area contributed by atoms with E-state index in [1.54, 1.807) is 0 Å². The summed E-state index contributed by atoms with van der Waals surface area (Å²) >= 11 is 0. The lowest BCUT2D eigenvalue weighted by atomic mass is 9.96. The molecule has 20 heavy (non-hydrogen) atoms. The van der Waals surface area contributed by atoms with Gasteiger partial charge < -0.3 is 15.1 Å². The van der Waals surface area contributed by atoms with Gasteiger partial charge >= 0.3 is 0 Å². The number of β-amino-alcohol motifs (C(OH)–C–C–N with tert-alkyl or cyclic N) is 1. The van der Waals surface area contributed by atoms with Crippen molar-refractivity contribution >= 4 is 11.7 Å². The zero-order valence-electron chi connectivity index (χ0n) is 11.5. The minimum Gasteiger partial charge on any atom is -0.503 e. The molecule has 0 aromatic heterocycles. The molecule has 0 bridgehead atoms. The highest BCUT2D eigenvalue weighted by Gasteiger charge is 2.41. The van der Waals surface area contributed by atoms with Crippen molar-refractivity contribution in [2.45, 2.75) is 19.9 Å². The average Bonchev–Trinajstić information content (AvgIpc) is 2.65. The maximum atomic E-state index is 12.0. The topological polar surface area (TPSA) is 77.8 Å². The molecule has 2 N–H and O–H groups in total. The Labute approximate surface area is 117 Å². The van der Waals surface area contributed by atoms with E-state index in [1.165, 1.54) is 11.8 Å². The highest BCUT2D eigenvalue weighted by Crippen LogP contribution is 2.37. The molecule has 106 valence electrons. The third-order valence-electron chi connectivity index (χ3n) is 3.42. The van der Waals surface area contributed by atoms with Crippen LogP contribution in [0.25, 0.3) is 0 Å². The first-order chi connectivity index (χ1) is 9.47. The van der Waals surface area contributed by atoms with Crippen molar-refractivity contribution < 1.29 is 19.8 Å². The van der Waals surface area contributed by atoms with Crippen LogP contribution in [0.15, 0.2) is 35.6 Å². The van der Waals surface area contributed by atoms with Crippen LogP contribution in [0.2, 0.25) is 0 Å². The van der Waals surface area contributed by atoms with Crippen molar-refractivity contribution in [3.63, 3.8) is 0 Å². The van der Waals surface area contributed by atoms with Crippen LogP contribution in [0, 0.1) is 6.92 Å². The summed E-state index contributed by atoms with van der Waals surface area (Å²) in [7, 11) is 0. The Morgan fingerprint density at radius 3 is 2.40 bits per heavy atom. The van der Waals surface area contributed by atoms with E-state index >= 15 is 0 Å². The Hall–Kier alpha value is -2.14. The van der Waals surface area contributed by atoms with Crippen LogP contribution in [-0.4, -0.2) is 40.0 Å². The summed E-state index contributed by atoms with van der Waals surface area (Å²) in [4.78, 5) is 25.1. The number of nitrogens with zero attached hydrogens (tertiary/aromatic N) is 1. The van der Waals surface area contributed by atoms with Gasteiger partial charge in [0.05, 0.1) is 18.2 Å². The van der Waals surface area contributed by atoms with Crippen molar-refractivity contribution in [3.8, 4) is 0 Å². The molecule has 1 aromatic rings. The fraction of sp³-hybridized carbons (Fsp3) is 0.333. The Morgan fingerprint density at radius 1 is 1.30 bits per heavy atom. The van der Waals surface area contributed by atoms with Crippen LogP contribution >= 0.6 is 0 Å². The van der Waals surface area contributed by atoms with Gasteiger partial charge in [-0.1, -0.05) is 29.8 Å². The summed E-state index contributed by atoms with van der Waals surface area (Å²) in [6, 6.07) is 6.76. The van der Waals surface area contributed by atoms with Gasteiger partial charge in [0.2, 0.25) is 0 Å². The fourth-order valence-corrected chi connectivity index (χ4v) is 2.45. The number of hydrogen-bond acceptors (Lipinski definition) is 4. The first-order valence-electron chi connectivity index (χ1n) is 6.39. The van der Waals surface area contributed by atoms with Gasteiger partial charge in [-0.15, -0.1) is 0 Å². The lowest BCUT2D eigenvalue weighted by Gasteiger charge is -2.25. The summed E-state index contributed by atoms with van der Waals surface area (Å²) < 4.78 is 0. The van der Waals surface area contributed by atoms with Crippen molar-refractivity contribution in [2.24, 2.45) is 0 Å². The zero-order chi connectivity index (χ0) is 14.9. The van der Waals surface area contributed by atoms with E-state index in [0.29, 0.717) is 0 Å². The average molecular weight is 275 g/mol. The zero-order valence-corrected chi connectivity index (χ0v) is 11.5. The van der Waals surface area contributed by atoms with E-state index in [9.17, 15) is 14.7 Å². The van der Waals surface area contributed by atoms with E-state index in [-0.39, 0.29) is 24.5 Å². The number of carbonyl (C=O) groups excluding carboxylic acids is 2. The maximum absolute atomic E-state index is 12.0. The van der Waals surface area contributed by atoms with Gasteiger partial charge in [0, 0.05) is 6.54 Å². The molecular weight excluding hydrogens is 258 g/mol. The van der Waals surface area contributed by atoms with E-state index in [2.05, 4.69) is 0 Å². The summed E-state index contributed by atoms with van der Waals surface area (Å²) in [5.74, 6) is -1.48. The number of benzene rings is 1. The van der Waals surface area contributed by atoms with E-state index < -0.39 is 17.7 Å². The van der Waals surface area contributed by atoms with Crippen LogP contribution in [-0.2, 0) is 9.59 Å². The molecule has 0 fully saturated rings. The molecule has 1 aliphatic heterocycles. The predicted molar refractivity (Wildman–Crippen MR) is 73.1 cm³/mol. The molecule has 1 aliphatic rings. The normalized spacial score (nSPS) is 18.9. The summed E-state index contributed by atoms with van der Waals surface area (Å²) in [5, 5.41) is 19.0. The lowest BCUT2D eigenvalue weighted by molar-refractivity contribution is -0.129. The Bertz CT molecular complexity index is 574. The minimum absolute atomic E-state index is 0.0677. The third kappa shape index (κ3) is 2.32. The first kappa shape index (κ1) is 14.3. The van der Waals surface area contributed by atoms with Gasteiger partial charge in [-0.25, -0.2) is 0 Å². The molecule has 2 rings (SSSR count). The molecule has 1 heterocycles. The molecule has 1 atom stereocenters. The van der Waals surface area contributed by atoms with Crippen molar-refractivity contribution in [1.82, 2.24) is 4.90 Å². The number of amides is 1. The van der Waals surface area contributed by atoms with Crippen molar-refractivity contribution in [1.29, 1.82) is 0 Å². The number of carbonyl (C=O) groups is 2. The Balaban J connectivity index is 2.51. The quantitative estimate of drug-likeness (QED) is 0.867. The van der Waals surface area contributed by atoms with Crippen molar-refractivity contribution in [2.75, 3.05) is 13.2 Å². The van der Waals surface area contributed by atoms with Crippen LogP contribution in [0.5, 0.6) is 0 Å². The molecule has 0 saturated carbocycles. The molecule has 0 saturated heterocycles. The van der Waals surface area contributed by atoms with Gasteiger partial charge in [-0.2, -0.15) is 0 Å². The van der Waals surface area contributed by atoms with Crippen molar-refractivity contribution in [3.05, 3.63) is 46.7 Å². The number of rotatable bonds is 4. The SMILES string of the molecule is CC(=O)C1=C(O)C(=O)N(CCO)[C@H]1c1ccc(C)cc1. The minimum atomic E-state index is -0.632. The second-order valence-electron chi connectivity index (χ2n) is 4.85. The molecule has 1 amide bonds. The number of aliphatic hydroxyl groups excluding tert-OH is 2. The maximum Gasteiger partial charge on any atom is 0.290 e. The fourth-order valence-electron chi connectivity index (χ4n) is 2.45. The van der Waals surface area contributed by atoms with E-state index in [1.807, 2.05) is 31.2 Å². The Morgan fingerprint density at radius 2 is 1.90 bits per heavy atom. The lowest BCUT2D eigenvalue weighted by Crippen LogP contribution is -2.33. The molecule has 0 aliphatic carbocycles. The summed E-state index contributed by atoms with van der Waals surface area (Å²) in [5.41, 5.74) is 1.89. The number of hydrogen-bond donors (Lipinski definition) is 2. The predicted octanol–water partition coefficient (Wildman–Crippen LogP) is 1.27. The van der Waals surface area contributed by atoms with Gasteiger partial charge in [-0.3, -0.25) is 9.59 Å². The second kappa shape index (κ2) is 5.46. The second-order valence-corrected chi connectivity index (χ2v) is 4.85. The highest BCUT2D eigenvalue weighted by atomic mass is 16.3. The molecule has 5 heteroatoms. The molecule has 5 nitrogen and oxygen atoms in total. The van der Waals surface area contributed by atoms with Gasteiger partial charge in [-0.05, 0) is 19.4 Å². The Kier molecular flexibility index (Phi) is 3.90. The van der Waals surface area contributed by atoms with E-state index in [0.717, 1.165) is 11.1 Å². The molecule has 0 radical (unpaired) electrons. The molecule has 1 aromatic carbocycles. The summed E-state index contributed by atoms with van der Waals surface area (Å²) in [6.45, 7) is 3.10. The largest absolute Gasteiger partial charge is 0.503 e. The molecule has 0 unspecified atom stereocenters. The van der Waals surface area contributed by atoms with Crippen LogP contribution in [0.1, 0.15) is 24.1 Å². The summed E-state index contributed by atoms with van der Waals surface area (Å²) in [6.07, 6.45) is 0. The van der Waals surface area contributed by atoms with Gasteiger partial charge in [0.1, 0.15) is 0 Å². The third-order valence-corrected chi connectivity index (χ3v) is 3.42. The standard InChI is InChI=1S/C15H17NO4/c1-9-3-5-11(6-4-9)13-12(10(2)18)14(19)15(20)16(13)7-8-17/h3-6,13,17,19H,7-8H2,1-2H3/t13-/m0/s1. The van der Waals surface area contributed by atoms with Crippen LogP contribution in [0.4, 0.5) is 0 Å². The number of aryl methyl sites for hydroxylation is 1.